The summed E-state index contributed by atoms with van der Waals surface area (Å²) in [5.41, 5.74) is -0.208. The molecule has 2 aliphatic rings. The Kier molecular flexibility index (Phi) is 4.57. The highest BCUT2D eigenvalue weighted by Crippen LogP contribution is 2.43. The van der Waals surface area contributed by atoms with Gasteiger partial charge in [0.2, 0.25) is 0 Å². The lowest BCUT2D eigenvalue weighted by atomic mass is 9.68. The Hall–Kier alpha value is -0.770. The van der Waals surface area contributed by atoms with Gasteiger partial charge in [0.1, 0.15) is 5.60 Å². The maximum atomic E-state index is 12.4. The maximum Gasteiger partial charge on any atom is 0.410 e. The topological polar surface area (TPSA) is 49.8 Å². The summed E-state index contributed by atoms with van der Waals surface area (Å²) in [4.78, 5) is 14.3. The summed E-state index contributed by atoms with van der Waals surface area (Å²) in [6.45, 7) is 11.0. The number of carbonyl (C=O) groups is 1. The van der Waals surface area contributed by atoms with E-state index >= 15 is 0 Å². The molecular weight excluding hydrogens is 266 g/mol. The summed E-state index contributed by atoms with van der Waals surface area (Å²) in [7, 11) is 0. The van der Waals surface area contributed by atoms with Crippen molar-refractivity contribution in [1.82, 2.24) is 4.90 Å². The van der Waals surface area contributed by atoms with Crippen LogP contribution in [0, 0.1) is 11.3 Å². The molecule has 1 aliphatic heterocycles. The second-order valence-corrected chi connectivity index (χ2v) is 8.52. The molecule has 4 heteroatoms. The van der Waals surface area contributed by atoms with E-state index < -0.39 is 5.60 Å². The van der Waals surface area contributed by atoms with E-state index in [0.29, 0.717) is 0 Å². The molecule has 1 heterocycles. The van der Waals surface area contributed by atoms with Crippen molar-refractivity contribution >= 4 is 6.09 Å². The molecular formula is C17H31NO3. The van der Waals surface area contributed by atoms with E-state index in [4.69, 9.17) is 4.74 Å². The zero-order chi connectivity index (χ0) is 15.8. The highest BCUT2D eigenvalue weighted by Gasteiger charge is 2.44. The molecule has 2 rings (SSSR count). The molecule has 0 aromatic heterocycles. The normalized spacial score (nSPS) is 33.0. The van der Waals surface area contributed by atoms with Crippen LogP contribution in [0.5, 0.6) is 0 Å². The van der Waals surface area contributed by atoms with Crippen LogP contribution in [0.25, 0.3) is 0 Å². The van der Waals surface area contributed by atoms with Gasteiger partial charge in [-0.3, -0.25) is 0 Å². The van der Waals surface area contributed by atoms with Crippen molar-refractivity contribution < 1.29 is 14.6 Å². The summed E-state index contributed by atoms with van der Waals surface area (Å²) >= 11 is 0. The average Bonchev–Trinajstić information content (AvgIpc) is 2.79. The van der Waals surface area contributed by atoms with Gasteiger partial charge in [-0.1, -0.05) is 13.8 Å². The minimum absolute atomic E-state index is 0.134. The standard InChI is InChI=1S/C17H31NO3/c1-16(2,3)21-15(20)18-10-6-7-13(18)12-11-17(4,5)9-8-14(12)19/h12-14,19H,6-11H2,1-5H3. The summed E-state index contributed by atoms with van der Waals surface area (Å²) < 4.78 is 5.54. The third kappa shape index (κ3) is 4.12. The van der Waals surface area contributed by atoms with Gasteiger partial charge in [0.15, 0.2) is 0 Å². The molecule has 0 bridgehead atoms. The van der Waals surface area contributed by atoms with Gasteiger partial charge in [-0.05, 0) is 58.3 Å². The molecule has 4 nitrogen and oxygen atoms in total. The molecule has 0 radical (unpaired) electrons. The molecule has 3 atom stereocenters. The van der Waals surface area contributed by atoms with Gasteiger partial charge in [-0.25, -0.2) is 4.79 Å². The molecule has 0 aromatic carbocycles. The van der Waals surface area contributed by atoms with E-state index in [-0.39, 0.29) is 29.6 Å². The van der Waals surface area contributed by atoms with E-state index in [1.165, 1.54) is 0 Å². The highest BCUT2D eigenvalue weighted by atomic mass is 16.6. The van der Waals surface area contributed by atoms with Crippen molar-refractivity contribution in [3.8, 4) is 0 Å². The molecule has 122 valence electrons. The number of rotatable bonds is 1. The number of hydrogen-bond acceptors (Lipinski definition) is 3. The van der Waals surface area contributed by atoms with Gasteiger partial charge in [0.25, 0.3) is 0 Å². The summed E-state index contributed by atoms with van der Waals surface area (Å²) in [5.74, 6) is 0.184. The zero-order valence-electron chi connectivity index (χ0n) is 14.2. The Morgan fingerprint density at radius 1 is 1.29 bits per heavy atom. The van der Waals surface area contributed by atoms with Gasteiger partial charge in [-0.2, -0.15) is 0 Å². The van der Waals surface area contributed by atoms with Gasteiger partial charge >= 0.3 is 6.09 Å². The number of carbonyl (C=O) groups excluding carboxylic acids is 1. The molecule has 1 N–H and O–H groups in total. The summed E-state index contributed by atoms with van der Waals surface area (Å²) in [6, 6.07) is 0.134. The fourth-order valence-electron chi connectivity index (χ4n) is 3.81. The second-order valence-electron chi connectivity index (χ2n) is 8.52. The Balaban J connectivity index is 2.08. The Morgan fingerprint density at radius 2 is 1.95 bits per heavy atom. The fraction of sp³-hybridized carbons (Fsp3) is 0.941. The Morgan fingerprint density at radius 3 is 2.57 bits per heavy atom. The van der Waals surface area contributed by atoms with Crippen LogP contribution in [-0.4, -0.2) is 40.4 Å². The number of aliphatic hydroxyl groups excluding tert-OH is 1. The predicted molar refractivity (Wildman–Crippen MR) is 83.1 cm³/mol. The van der Waals surface area contributed by atoms with Crippen molar-refractivity contribution in [3.63, 3.8) is 0 Å². The molecule has 0 spiro atoms. The molecule has 0 aromatic rings. The summed E-state index contributed by atoms with van der Waals surface area (Å²) in [5, 5.41) is 10.4. The number of nitrogens with zero attached hydrogens (tertiary/aromatic N) is 1. The predicted octanol–water partition coefficient (Wildman–Crippen LogP) is 3.57. The molecule has 2 fully saturated rings. The van der Waals surface area contributed by atoms with Gasteiger partial charge in [0, 0.05) is 18.5 Å². The third-order valence-electron chi connectivity index (χ3n) is 4.82. The van der Waals surface area contributed by atoms with Crippen LogP contribution in [0.3, 0.4) is 0 Å². The summed E-state index contributed by atoms with van der Waals surface area (Å²) in [6.07, 6.45) is 4.37. The minimum atomic E-state index is -0.464. The van der Waals surface area contributed by atoms with E-state index in [1.54, 1.807) is 0 Å². The van der Waals surface area contributed by atoms with Gasteiger partial charge < -0.3 is 14.7 Å². The van der Waals surface area contributed by atoms with Crippen LogP contribution in [-0.2, 0) is 4.74 Å². The first-order valence-corrected chi connectivity index (χ1v) is 8.27. The number of likely N-dealkylation sites (tertiary alicyclic amines) is 1. The van der Waals surface area contributed by atoms with Crippen molar-refractivity contribution in [2.75, 3.05) is 6.54 Å². The first-order valence-electron chi connectivity index (χ1n) is 8.27. The zero-order valence-corrected chi connectivity index (χ0v) is 14.2. The maximum absolute atomic E-state index is 12.4. The highest BCUT2D eigenvalue weighted by molar-refractivity contribution is 5.69. The Bertz CT molecular complexity index is 386. The van der Waals surface area contributed by atoms with Gasteiger partial charge in [-0.15, -0.1) is 0 Å². The lowest BCUT2D eigenvalue weighted by Crippen LogP contribution is -2.49. The second kappa shape index (κ2) is 5.79. The van der Waals surface area contributed by atoms with Crippen LogP contribution >= 0.6 is 0 Å². The van der Waals surface area contributed by atoms with Gasteiger partial charge in [0.05, 0.1) is 6.10 Å². The van der Waals surface area contributed by atoms with Crippen LogP contribution < -0.4 is 0 Å². The first kappa shape index (κ1) is 16.6. The monoisotopic (exact) mass is 297 g/mol. The van der Waals surface area contributed by atoms with E-state index in [2.05, 4.69) is 13.8 Å². The van der Waals surface area contributed by atoms with Crippen LogP contribution in [0.4, 0.5) is 4.79 Å². The van der Waals surface area contributed by atoms with Crippen molar-refractivity contribution in [1.29, 1.82) is 0 Å². The SMILES string of the molecule is CC1(C)CCC(O)C(C2CCCN2C(=O)OC(C)(C)C)C1. The molecule has 1 amide bonds. The molecule has 3 unspecified atom stereocenters. The van der Waals surface area contributed by atoms with E-state index in [1.807, 2.05) is 25.7 Å². The average molecular weight is 297 g/mol. The van der Waals surface area contributed by atoms with Crippen LogP contribution in [0.1, 0.15) is 66.7 Å². The quantitative estimate of drug-likeness (QED) is 0.805. The lowest BCUT2D eigenvalue weighted by Gasteiger charge is -2.43. The largest absolute Gasteiger partial charge is 0.444 e. The minimum Gasteiger partial charge on any atom is -0.444 e. The van der Waals surface area contributed by atoms with Crippen molar-refractivity contribution in [2.45, 2.75) is 84.5 Å². The van der Waals surface area contributed by atoms with Crippen molar-refractivity contribution in [2.24, 2.45) is 11.3 Å². The van der Waals surface area contributed by atoms with Crippen molar-refractivity contribution in [3.05, 3.63) is 0 Å². The molecule has 1 saturated carbocycles. The smallest absolute Gasteiger partial charge is 0.410 e. The first-order chi connectivity index (χ1) is 9.59. The number of amides is 1. The van der Waals surface area contributed by atoms with Crippen LogP contribution in [0.2, 0.25) is 0 Å². The molecule has 1 saturated heterocycles. The molecule has 21 heavy (non-hydrogen) atoms. The Labute approximate surface area is 128 Å². The fourth-order valence-corrected chi connectivity index (χ4v) is 3.81. The van der Waals surface area contributed by atoms with Crippen LogP contribution in [0.15, 0.2) is 0 Å². The van der Waals surface area contributed by atoms with E-state index in [9.17, 15) is 9.90 Å². The number of hydrogen-bond donors (Lipinski definition) is 1. The molecule has 1 aliphatic carbocycles. The third-order valence-corrected chi connectivity index (χ3v) is 4.82. The number of ether oxygens (including phenoxy) is 1. The van der Waals surface area contributed by atoms with E-state index in [0.717, 1.165) is 38.6 Å². The number of aliphatic hydroxyl groups is 1. The lowest BCUT2D eigenvalue weighted by molar-refractivity contribution is -0.0273.